The lowest BCUT2D eigenvalue weighted by Gasteiger charge is -2.10. The molecule has 0 aromatic heterocycles. The molecule has 10 heteroatoms. The standard InChI is InChI=1S/C24H18Cl2N2O4S2/c25-19-3-1-5-21(15-19)27-33(29,30)23-11-7-17(8-12-23)18-9-13-24(14-10-18)34(31,32)28-22-6-2-4-20(26)16-22/h1-16,27-28H. The Morgan fingerprint density at radius 3 is 1.18 bits per heavy atom. The van der Waals surface area contributed by atoms with Gasteiger partial charge in [-0.15, -0.1) is 0 Å². The molecule has 4 aromatic rings. The number of halogens is 2. The first kappa shape index (κ1) is 24.1. The number of hydrogen-bond acceptors (Lipinski definition) is 4. The highest BCUT2D eigenvalue weighted by molar-refractivity contribution is 7.93. The van der Waals surface area contributed by atoms with Crippen molar-refractivity contribution in [2.75, 3.05) is 9.44 Å². The molecule has 4 rings (SSSR count). The lowest BCUT2D eigenvalue weighted by molar-refractivity contribution is 0.599. The van der Waals surface area contributed by atoms with Gasteiger partial charge in [0.05, 0.1) is 21.2 Å². The average molecular weight is 533 g/mol. The first-order valence-corrected chi connectivity index (χ1v) is 13.6. The summed E-state index contributed by atoms with van der Waals surface area (Å²) in [7, 11) is -7.59. The fraction of sp³-hybridized carbons (Fsp3) is 0. The Bertz CT molecular complexity index is 1420. The third kappa shape index (κ3) is 5.71. The van der Waals surface area contributed by atoms with Crippen molar-refractivity contribution in [2.24, 2.45) is 0 Å². The third-order valence-corrected chi connectivity index (χ3v) is 8.08. The number of sulfonamides is 2. The van der Waals surface area contributed by atoms with Gasteiger partial charge in [0.15, 0.2) is 0 Å². The van der Waals surface area contributed by atoms with Gasteiger partial charge in [-0.2, -0.15) is 0 Å². The summed E-state index contributed by atoms with van der Waals surface area (Å²) < 4.78 is 55.6. The quantitative estimate of drug-likeness (QED) is 0.293. The maximum atomic E-state index is 12.7. The highest BCUT2D eigenvalue weighted by Gasteiger charge is 2.16. The van der Waals surface area contributed by atoms with E-state index in [-0.39, 0.29) is 9.79 Å². The number of rotatable bonds is 7. The van der Waals surface area contributed by atoms with E-state index < -0.39 is 20.0 Å². The molecule has 34 heavy (non-hydrogen) atoms. The molecule has 0 spiro atoms. The highest BCUT2D eigenvalue weighted by atomic mass is 35.5. The first-order valence-electron chi connectivity index (χ1n) is 9.90. The molecule has 0 unspecified atom stereocenters. The molecular formula is C24H18Cl2N2O4S2. The summed E-state index contributed by atoms with van der Waals surface area (Å²) in [5.41, 5.74) is 2.18. The Kier molecular flexibility index (Phi) is 6.86. The maximum Gasteiger partial charge on any atom is 0.261 e. The van der Waals surface area contributed by atoms with Gasteiger partial charge < -0.3 is 0 Å². The van der Waals surface area contributed by atoms with Gasteiger partial charge in [-0.3, -0.25) is 9.44 Å². The highest BCUT2D eigenvalue weighted by Crippen LogP contribution is 2.26. The number of nitrogens with one attached hydrogen (secondary N) is 2. The zero-order valence-electron chi connectivity index (χ0n) is 17.4. The van der Waals surface area contributed by atoms with E-state index in [2.05, 4.69) is 9.44 Å². The summed E-state index contributed by atoms with van der Waals surface area (Å²) in [6.07, 6.45) is 0. The minimum atomic E-state index is -3.79. The normalized spacial score (nSPS) is 11.7. The molecular weight excluding hydrogens is 515 g/mol. The smallest absolute Gasteiger partial charge is 0.261 e. The van der Waals surface area contributed by atoms with Crippen molar-refractivity contribution in [3.63, 3.8) is 0 Å². The van der Waals surface area contributed by atoms with Crippen LogP contribution in [-0.4, -0.2) is 16.8 Å². The van der Waals surface area contributed by atoms with E-state index in [0.717, 1.165) is 11.1 Å². The Labute approximate surface area is 208 Å². The molecule has 0 amide bonds. The van der Waals surface area contributed by atoms with E-state index in [4.69, 9.17) is 23.2 Å². The van der Waals surface area contributed by atoms with Crippen LogP contribution in [0.15, 0.2) is 107 Å². The first-order chi connectivity index (χ1) is 16.1. The molecule has 0 aliphatic heterocycles. The topological polar surface area (TPSA) is 92.3 Å². The van der Waals surface area contributed by atoms with Crippen molar-refractivity contribution in [1.29, 1.82) is 0 Å². The second kappa shape index (κ2) is 9.68. The van der Waals surface area contributed by atoms with Gasteiger partial charge in [-0.1, -0.05) is 59.6 Å². The molecule has 0 saturated carbocycles. The van der Waals surface area contributed by atoms with Gasteiger partial charge in [0.2, 0.25) is 0 Å². The van der Waals surface area contributed by atoms with E-state index in [0.29, 0.717) is 21.4 Å². The molecule has 0 bridgehead atoms. The zero-order valence-corrected chi connectivity index (χ0v) is 20.6. The molecule has 0 saturated heterocycles. The Morgan fingerprint density at radius 1 is 0.500 bits per heavy atom. The Hall–Kier alpha value is -3.04. The van der Waals surface area contributed by atoms with E-state index in [9.17, 15) is 16.8 Å². The van der Waals surface area contributed by atoms with Crippen LogP contribution < -0.4 is 9.44 Å². The summed E-state index contributed by atoms with van der Waals surface area (Å²) in [5.74, 6) is 0. The molecule has 0 heterocycles. The van der Waals surface area contributed by atoms with Crippen LogP contribution in [0, 0.1) is 0 Å². The fourth-order valence-corrected chi connectivity index (χ4v) is 5.66. The fourth-order valence-electron chi connectivity index (χ4n) is 3.19. The molecule has 0 radical (unpaired) electrons. The lowest BCUT2D eigenvalue weighted by Crippen LogP contribution is -2.13. The predicted molar refractivity (Wildman–Crippen MR) is 136 cm³/mol. The van der Waals surface area contributed by atoms with E-state index in [1.165, 1.54) is 36.4 Å². The minimum Gasteiger partial charge on any atom is -0.280 e. The van der Waals surface area contributed by atoms with Crippen molar-refractivity contribution in [3.8, 4) is 11.1 Å². The summed E-state index contributed by atoms with van der Waals surface area (Å²) in [6.45, 7) is 0. The number of anilines is 2. The minimum absolute atomic E-state index is 0.0844. The largest absolute Gasteiger partial charge is 0.280 e. The van der Waals surface area contributed by atoms with E-state index in [1.54, 1.807) is 60.7 Å². The van der Waals surface area contributed by atoms with Gasteiger partial charge in [0.25, 0.3) is 20.0 Å². The van der Waals surface area contributed by atoms with Crippen LogP contribution in [0.5, 0.6) is 0 Å². The molecule has 0 aliphatic carbocycles. The van der Waals surface area contributed by atoms with Crippen molar-refractivity contribution in [3.05, 3.63) is 107 Å². The molecule has 6 nitrogen and oxygen atoms in total. The van der Waals surface area contributed by atoms with Crippen molar-refractivity contribution in [2.45, 2.75) is 9.79 Å². The molecule has 174 valence electrons. The SMILES string of the molecule is O=S(=O)(Nc1cccc(Cl)c1)c1ccc(-c2ccc(S(=O)(=O)Nc3cccc(Cl)c3)cc2)cc1. The Morgan fingerprint density at radius 2 is 0.853 bits per heavy atom. The zero-order chi connectivity index (χ0) is 24.3. The monoisotopic (exact) mass is 532 g/mol. The van der Waals surface area contributed by atoms with E-state index in [1.807, 2.05) is 0 Å². The Balaban J connectivity index is 1.51. The second-order valence-electron chi connectivity index (χ2n) is 7.28. The molecule has 2 N–H and O–H groups in total. The summed E-state index contributed by atoms with van der Waals surface area (Å²) in [6, 6.07) is 25.4. The van der Waals surface area contributed by atoms with Crippen molar-refractivity contribution in [1.82, 2.24) is 0 Å². The van der Waals surface area contributed by atoms with Crippen LogP contribution in [0.4, 0.5) is 11.4 Å². The van der Waals surface area contributed by atoms with Crippen LogP contribution in [0.2, 0.25) is 10.0 Å². The van der Waals surface area contributed by atoms with Gasteiger partial charge in [-0.05, 0) is 71.8 Å². The molecule has 0 fully saturated rings. The van der Waals surface area contributed by atoms with Gasteiger partial charge in [0, 0.05) is 10.0 Å². The van der Waals surface area contributed by atoms with Crippen LogP contribution in [0.3, 0.4) is 0 Å². The summed E-state index contributed by atoms with van der Waals surface area (Å²) in [5, 5.41) is 0.840. The van der Waals surface area contributed by atoms with Crippen LogP contribution >= 0.6 is 23.2 Å². The van der Waals surface area contributed by atoms with Gasteiger partial charge in [-0.25, -0.2) is 16.8 Å². The van der Waals surface area contributed by atoms with E-state index >= 15 is 0 Å². The second-order valence-corrected chi connectivity index (χ2v) is 11.5. The van der Waals surface area contributed by atoms with Crippen molar-refractivity contribution < 1.29 is 16.8 Å². The maximum absolute atomic E-state index is 12.7. The number of hydrogen-bond donors (Lipinski definition) is 2. The molecule has 0 aliphatic rings. The van der Waals surface area contributed by atoms with Gasteiger partial charge in [0.1, 0.15) is 0 Å². The van der Waals surface area contributed by atoms with Crippen molar-refractivity contribution >= 4 is 54.6 Å². The van der Waals surface area contributed by atoms with Gasteiger partial charge >= 0.3 is 0 Å². The third-order valence-electron chi connectivity index (χ3n) is 4.82. The average Bonchev–Trinajstić information content (AvgIpc) is 2.79. The number of benzene rings is 4. The lowest BCUT2D eigenvalue weighted by atomic mass is 10.1. The molecule has 0 atom stereocenters. The van der Waals surface area contributed by atoms with Crippen LogP contribution in [0.25, 0.3) is 11.1 Å². The summed E-state index contributed by atoms with van der Waals surface area (Å²) >= 11 is 11.8. The predicted octanol–water partition coefficient (Wildman–Crippen LogP) is 6.26. The van der Waals surface area contributed by atoms with Crippen LogP contribution in [-0.2, 0) is 20.0 Å². The summed E-state index contributed by atoms with van der Waals surface area (Å²) in [4.78, 5) is 0.169. The molecule has 4 aromatic carbocycles. The van der Waals surface area contributed by atoms with Crippen LogP contribution in [0.1, 0.15) is 0 Å².